The van der Waals surface area contributed by atoms with Crippen molar-refractivity contribution in [3.8, 4) is 0 Å². The molecule has 1 aromatic rings. The van der Waals surface area contributed by atoms with E-state index in [4.69, 9.17) is 0 Å². The Hall–Kier alpha value is -1.08. The quantitative estimate of drug-likeness (QED) is 0.794. The Morgan fingerprint density at radius 2 is 2.05 bits per heavy atom. The van der Waals surface area contributed by atoms with Crippen LogP contribution in [0.5, 0.6) is 0 Å². The number of carbonyl (C=O) groups excluding carboxylic acids is 1. The number of rotatable bonds is 7. The zero-order valence-corrected chi connectivity index (χ0v) is 14.9. The molecule has 0 aliphatic rings. The van der Waals surface area contributed by atoms with Gasteiger partial charge in [-0.25, -0.2) is 8.42 Å². The summed E-state index contributed by atoms with van der Waals surface area (Å²) in [4.78, 5) is 11.9. The van der Waals surface area contributed by atoms with Crippen LogP contribution in [0.2, 0.25) is 0 Å². The Bertz CT molecular complexity index is 588. The normalized spacial score (nSPS) is 11.5. The highest BCUT2D eigenvalue weighted by molar-refractivity contribution is 9.10. The van der Waals surface area contributed by atoms with Crippen LogP contribution < -0.4 is 9.62 Å². The van der Waals surface area contributed by atoms with Crippen LogP contribution in [0.1, 0.15) is 20.3 Å². The van der Waals surface area contributed by atoms with Crippen LogP contribution in [0, 0.1) is 5.92 Å². The second-order valence-corrected chi connectivity index (χ2v) is 8.10. The van der Waals surface area contributed by atoms with Crippen LogP contribution in [0.15, 0.2) is 28.7 Å². The molecule has 0 bridgehead atoms. The molecule has 0 heterocycles. The first-order valence-electron chi connectivity index (χ1n) is 6.70. The minimum absolute atomic E-state index is 0.215. The third kappa shape index (κ3) is 6.48. The fourth-order valence-electron chi connectivity index (χ4n) is 1.72. The summed E-state index contributed by atoms with van der Waals surface area (Å²) in [5, 5.41) is 2.74. The van der Waals surface area contributed by atoms with Gasteiger partial charge in [0.25, 0.3) is 0 Å². The van der Waals surface area contributed by atoms with Crippen molar-refractivity contribution in [3.05, 3.63) is 28.7 Å². The van der Waals surface area contributed by atoms with E-state index in [-0.39, 0.29) is 12.5 Å². The van der Waals surface area contributed by atoms with Gasteiger partial charge in [0.05, 0.1) is 11.9 Å². The van der Waals surface area contributed by atoms with Crippen molar-refractivity contribution in [2.75, 3.05) is 23.7 Å². The lowest BCUT2D eigenvalue weighted by molar-refractivity contribution is -0.119. The van der Waals surface area contributed by atoms with Crippen LogP contribution in [0.3, 0.4) is 0 Å². The number of amides is 1. The minimum Gasteiger partial charge on any atom is -0.355 e. The number of hydrogen-bond acceptors (Lipinski definition) is 3. The average Bonchev–Trinajstić information content (AvgIpc) is 2.34. The van der Waals surface area contributed by atoms with Crippen LogP contribution in [-0.2, 0) is 14.8 Å². The van der Waals surface area contributed by atoms with Gasteiger partial charge in [0, 0.05) is 11.0 Å². The molecule has 118 valence electrons. The van der Waals surface area contributed by atoms with Crippen molar-refractivity contribution in [3.63, 3.8) is 0 Å². The van der Waals surface area contributed by atoms with Gasteiger partial charge in [-0.2, -0.15) is 0 Å². The number of benzene rings is 1. The first-order valence-corrected chi connectivity index (χ1v) is 9.34. The predicted octanol–water partition coefficient (Wildman–Crippen LogP) is 2.38. The number of nitrogens with one attached hydrogen (secondary N) is 1. The maximum absolute atomic E-state index is 11.9. The zero-order valence-electron chi connectivity index (χ0n) is 12.5. The molecule has 0 radical (unpaired) electrons. The second kappa shape index (κ2) is 7.79. The number of carbonyl (C=O) groups is 1. The predicted molar refractivity (Wildman–Crippen MR) is 88.8 cm³/mol. The van der Waals surface area contributed by atoms with E-state index in [9.17, 15) is 13.2 Å². The summed E-state index contributed by atoms with van der Waals surface area (Å²) in [7, 11) is -3.52. The van der Waals surface area contributed by atoms with Gasteiger partial charge in [-0.05, 0) is 30.5 Å². The number of halogens is 1. The Kier molecular flexibility index (Phi) is 6.67. The van der Waals surface area contributed by atoms with Gasteiger partial charge in [-0.1, -0.05) is 35.8 Å². The van der Waals surface area contributed by atoms with Gasteiger partial charge in [-0.15, -0.1) is 0 Å². The van der Waals surface area contributed by atoms with Crippen LogP contribution in [0.25, 0.3) is 0 Å². The molecule has 1 N–H and O–H groups in total. The monoisotopic (exact) mass is 376 g/mol. The molecule has 0 aliphatic heterocycles. The molecule has 5 nitrogen and oxygen atoms in total. The van der Waals surface area contributed by atoms with Crippen molar-refractivity contribution in [1.82, 2.24) is 5.32 Å². The summed E-state index contributed by atoms with van der Waals surface area (Å²) >= 11 is 3.30. The standard InChI is InChI=1S/C14H21BrN2O3S/c1-11(2)7-8-16-14(18)10-17(21(3,19)20)13-6-4-5-12(15)9-13/h4-6,9,11H,7-8,10H2,1-3H3,(H,16,18). The summed E-state index contributed by atoms with van der Waals surface area (Å²) in [6.07, 6.45) is 1.96. The SMILES string of the molecule is CC(C)CCNC(=O)CN(c1cccc(Br)c1)S(C)(=O)=O. The minimum atomic E-state index is -3.52. The fraction of sp³-hybridized carbons (Fsp3) is 0.500. The molecule has 0 unspecified atom stereocenters. The lowest BCUT2D eigenvalue weighted by Gasteiger charge is -2.22. The summed E-state index contributed by atoms with van der Waals surface area (Å²) < 4.78 is 25.6. The van der Waals surface area contributed by atoms with Gasteiger partial charge in [-0.3, -0.25) is 9.10 Å². The summed E-state index contributed by atoms with van der Waals surface area (Å²) in [6.45, 7) is 4.47. The summed E-state index contributed by atoms with van der Waals surface area (Å²) in [5.74, 6) is 0.183. The third-order valence-electron chi connectivity index (χ3n) is 2.83. The van der Waals surface area contributed by atoms with Crippen molar-refractivity contribution >= 4 is 37.5 Å². The molecule has 0 atom stereocenters. The van der Waals surface area contributed by atoms with E-state index in [1.54, 1.807) is 24.3 Å². The molecule has 1 aromatic carbocycles. The molecule has 21 heavy (non-hydrogen) atoms. The van der Waals surface area contributed by atoms with Crippen molar-refractivity contribution in [2.45, 2.75) is 20.3 Å². The Morgan fingerprint density at radius 1 is 1.38 bits per heavy atom. The summed E-state index contributed by atoms with van der Waals surface area (Å²) in [6, 6.07) is 6.86. The fourth-order valence-corrected chi connectivity index (χ4v) is 2.95. The molecule has 0 spiro atoms. The van der Waals surface area contributed by atoms with Crippen molar-refractivity contribution in [2.24, 2.45) is 5.92 Å². The van der Waals surface area contributed by atoms with Gasteiger partial charge >= 0.3 is 0 Å². The van der Waals surface area contributed by atoms with Gasteiger partial charge in [0.2, 0.25) is 15.9 Å². The smallest absolute Gasteiger partial charge is 0.240 e. The van der Waals surface area contributed by atoms with E-state index in [2.05, 4.69) is 35.1 Å². The number of hydrogen-bond donors (Lipinski definition) is 1. The Morgan fingerprint density at radius 3 is 2.57 bits per heavy atom. The van der Waals surface area contributed by atoms with E-state index in [0.717, 1.165) is 21.5 Å². The first-order chi connectivity index (χ1) is 9.70. The van der Waals surface area contributed by atoms with E-state index < -0.39 is 10.0 Å². The highest BCUT2D eigenvalue weighted by Crippen LogP contribution is 2.21. The molecular weight excluding hydrogens is 356 g/mol. The zero-order chi connectivity index (χ0) is 16.0. The van der Waals surface area contributed by atoms with Crippen LogP contribution >= 0.6 is 15.9 Å². The molecular formula is C14H21BrN2O3S. The van der Waals surface area contributed by atoms with Crippen molar-refractivity contribution in [1.29, 1.82) is 0 Å². The lowest BCUT2D eigenvalue weighted by Crippen LogP contribution is -2.40. The highest BCUT2D eigenvalue weighted by atomic mass is 79.9. The molecule has 1 rings (SSSR count). The maximum atomic E-state index is 11.9. The van der Waals surface area contributed by atoms with Gasteiger partial charge in [0.1, 0.15) is 6.54 Å². The number of anilines is 1. The van der Waals surface area contributed by atoms with E-state index in [1.165, 1.54) is 0 Å². The van der Waals surface area contributed by atoms with E-state index in [0.29, 0.717) is 18.2 Å². The summed E-state index contributed by atoms with van der Waals surface area (Å²) in [5.41, 5.74) is 0.464. The van der Waals surface area contributed by atoms with Crippen LogP contribution in [-0.4, -0.2) is 33.7 Å². The molecule has 0 aliphatic carbocycles. The second-order valence-electron chi connectivity index (χ2n) is 5.28. The maximum Gasteiger partial charge on any atom is 0.240 e. The Labute approximate surface area is 134 Å². The van der Waals surface area contributed by atoms with Crippen molar-refractivity contribution < 1.29 is 13.2 Å². The first kappa shape index (κ1) is 18.0. The van der Waals surface area contributed by atoms with Gasteiger partial charge < -0.3 is 5.32 Å². The molecule has 1 amide bonds. The Balaban J connectivity index is 2.79. The molecule has 0 aromatic heterocycles. The molecule has 7 heteroatoms. The molecule has 0 saturated carbocycles. The number of nitrogens with zero attached hydrogens (tertiary/aromatic N) is 1. The third-order valence-corrected chi connectivity index (χ3v) is 4.46. The van der Waals surface area contributed by atoms with E-state index in [1.807, 2.05) is 0 Å². The molecule has 0 saturated heterocycles. The molecule has 0 fully saturated rings. The average molecular weight is 377 g/mol. The largest absolute Gasteiger partial charge is 0.355 e. The highest BCUT2D eigenvalue weighted by Gasteiger charge is 2.20. The van der Waals surface area contributed by atoms with Crippen LogP contribution in [0.4, 0.5) is 5.69 Å². The number of sulfonamides is 1. The lowest BCUT2D eigenvalue weighted by atomic mass is 10.1. The van der Waals surface area contributed by atoms with Gasteiger partial charge in [0.15, 0.2) is 0 Å². The topological polar surface area (TPSA) is 66.5 Å². The van der Waals surface area contributed by atoms with E-state index >= 15 is 0 Å².